The van der Waals surface area contributed by atoms with Crippen LogP contribution in [0.5, 0.6) is 0 Å². The molecule has 0 bridgehead atoms. The molecule has 1 aromatic heterocycles. The SMILES string of the molecule is CNC1CCOC(c2ccnc3ccccc23)C1. The second-order valence-corrected chi connectivity index (χ2v) is 4.79. The van der Waals surface area contributed by atoms with Gasteiger partial charge in [0.25, 0.3) is 0 Å². The lowest BCUT2D eigenvalue weighted by atomic mass is 9.95. The molecule has 94 valence electrons. The van der Waals surface area contributed by atoms with E-state index in [0.717, 1.165) is 25.0 Å². The van der Waals surface area contributed by atoms with E-state index in [1.165, 1.54) is 10.9 Å². The fraction of sp³-hybridized carbons (Fsp3) is 0.400. The van der Waals surface area contributed by atoms with Gasteiger partial charge in [-0.05, 0) is 37.6 Å². The van der Waals surface area contributed by atoms with Crippen molar-refractivity contribution < 1.29 is 4.74 Å². The summed E-state index contributed by atoms with van der Waals surface area (Å²) in [5, 5.41) is 4.57. The minimum Gasteiger partial charge on any atom is -0.373 e. The Morgan fingerprint density at radius 3 is 3.06 bits per heavy atom. The highest BCUT2D eigenvalue weighted by Crippen LogP contribution is 2.32. The number of pyridine rings is 1. The Balaban J connectivity index is 1.98. The van der Waals surface area contributed by atoms with Crippen LogP contribution in [0.15, 0.2) is 36.5 Å². The van der Waals surface area contributed by atoms with Gasteiger partial charge < -0.3 is 10.1 Å². The topological polar surface area (TPSA) is 34.1 Å². The zero-order valence-corrected chi connectivity index (χ0v) is 10.6. The standard InChI is InChI=1S/C15H18N2O/c1-16-11-7-9-18-15(10-11)13-6-8-17-14-5-3-2-4-12(13)14/h2-6,8,11,15-16H,7,9-10H2,1H3. The van der Waals surface area contributed by atoms with Crippen LogP contribution in [-0.2, 0) is 4.74 Å². The molecule has 0 spiro atoms. The average molecular weight is 242 g/mol. The van der Waals surface area contributed by atoms with Crippen molar-refractivity contribution >= 4 is 10.9 Å². The number of hydrogen-bond donors (Lipinski definition) is 1. The highest BCUT2D eigenvalue weighted by Gasteiger charge is 2.24. The molecule has 1 saturated heterocycles. The van der Waals surface area contributed by atoms with E-state index in [-0.39, 0.29) is 6.10 Å². The van der Waals surface area contributed by atoms with Crippen LogP contribution in [0.25, 0.3) is 10.9 Å². The van der Waals surface area contributed by atoms with Gasteiger partial charge in [0.2, 0.25) is 0 Å². The fourth-order valence-electron chi connectivity index (χ4n) is 2.67. The lowest BCUT2D eigenvalue weighted by molar-refractivity contribution is 0.00237. The Morgan fingerprint density at radius 2 is 2.17 bits per heavy atom. The van der Waals surface area contributed by atoms with Gasteiger partial charge in [-0.2, -0.15) is 0 Å². The fourth-order valence-corrected chi connectivity index (χ4v) is 2.67. The summed E-state index contributed by atoms with van der Waals surface area (Å²) in [4.78, 5) is 4.40. The molecule has 1 aliphatic heterocycles. The number of ether oxygens (including phenoxy) is 1. The predicted octanol–water partition coefficient (Wildman–Crippen LogP) is 2.67. The van der Waals surface area contributed by atoms with Crippen molar-refractivity contribution in [1.29, 1.82) is 0 Å². The average Bonchev–Trinajstić information content (AvgIpc) is 2.47. The molecule has 2 aromatic rings. The Hall–Kier alpha value is -1.45. The molecular weight excluding hydrogens is 224 g/mol. The molecule has 0 radical (unpaired) electrons. The first kappa shape index (κ1) is 11.6. The summed E-state index contributed by atoms with van der Waals surface area (Å²) in [6.07, 6.45) is 4.19. The number of aromatic nitrogens is 1. The number of fused-ring (bicyclic) bond motifs is 1. The van der Waals surface area contributed by atoms with E-state index >= 15 is 0 Å². The second kappa shape index (κ2) is 5.04. The van der Waals surface area contributed by atoms with Crippen LogP contribution in [0.2, 0.25) is 0 Å². The van der Waals surface area contributed by atoms with Gasteiger partial charge in [0.1, 0.15) is 0 Å². The largest absolute Gasteiger partial charge is 0.373 e. The second-order valence-electron chi connectivity index (χ2n) is 4.79. The molecule has 2 atom stereocenters. The van der Waals surface area contributed by atoms with Crippen LogP contribution in [0.3, 0.4) is 0 Å². The van der Waals surface area contributed by atoms with E-state index in [1.807, 2.05) is 19.3 Å². The maximum Gasteiger partial charge on any atom is 0.0846 e. The summed E-state index contributed by atoms with van der Waals surface area (Å²) < 4.78 is 5.94. The summed E-state index contributed by atoms with van der Waals surface area (Å²) in [7, 11) is 2.03. The van der Waals surface area contributed by atoms with Gasteiger partial charge in [0.15, 0.2) is 0 Å². The molecule has 1 N–H and O–H groups in total. The molecule has 2 heterocycles. The van der Waals surface area contributed by atoms with Crippen LogP contribution < -0.4 is 5.32 Å². The van der Waals surface area contributed by atoms with Crippen LogP contribution in [0, 0.1) is 0 Å². The first-order valence-electron chi connectivity index (χ1n) is 6.51. The normalized spacial score (nSPS) is 24.3. The number of benzene rings is 1. The van der Waals surface area contributed by atoms with Crippen LogP contribution in [0.4, 0.5) is 0 Å². The Labute approximate surface area is 107 Å². The third kappa shape index (κ3) is 2.11. The molecule has 0 aliphatic carbocycles. The Morgan fingerprint density at radius 1 is 1.28 bits per heavy atom. The summed E-state index contributed by atoms with van der Waals surface area (Å²) >= 11 is 0. The minimum atomic E-state index is 0.184. The maximum atomic E-state index is 5.94. The molecular formula is C15H18N2O. The number of hydrogen-bond acceptors (Lipinski definition) is 3. The van der Waals surface area contributed by atoms with Crippen molar-refractivity contribution in [1.82, 2.24) is 10.3 Å². The number of nitrogens with one attached hydrogen (secondary N) is 1. The van der Waals surface area contributed by atoms with Gasteiger partial charge in [-0.25, -0.2) is 0 Å². The predicted molar refractivity (Wildman–Crippen MR) is 72.5 cm³/mol. The molecule has 1 fully saturated rings. The van der Waals surface area contributed by atoms with Gasteiger partial charge in [0.05, 0.1) is 11.6 Å². The third-order valence-corrected chi connectivity index (χ3v) is 3.72. The molecule has 0 amide bonds. The molecule has 3 heteroatoms. The van der Waals surface area contributed by atoms with Crippen molar-refractivity contribution in [3.63, 3.8) is 0 Å². The van der Waals surface area contributed by atoms with Crippen molar-refractivity contribution in [3.05, 3.63) is 42.1 Å². The Kier molecular flexibility index (Phi) is 3.26. The van der Waals surface area contributed by atoms with Crippen molar-refractivity contribution in [2.75, 3.05) is 13.7 Å². The van der Waals surface area contributed by atoms with Crippen molar-refractivity contribution in [2.45, 2.75) is 25.0 Å². The van der Waals surface area contributed by atoms with Gasteiger partial charge >= 0.3 is 0 Å². The lowest BCUT2D eigenvalue weighted by Crippen LogP contribution is -2.33. The van der Waals surface area contributed by atoms with E-state index in [0.29, 0.717) is 6.04 Å². The van der Waals surface area contributed by atoms with E-state index in [4.69, 9.17) is 4.74 Å². The quantitative estimate of drug-likeness (QED) is 0.879. The molecule has 1 aliphatic rings. The first-order valence-corrected chi connectivity index (χ1v) is 6.51. The smallest absolute Gasteiger partial charge is 0.0846 e. The zero-order valence-electron chi connectivity index (χ0n) is 10.6. The van der Waals surface area contributed by atoms with Gasteiger partial charge in [-0.3, -0.25) is 4.98 Å². The number of nitrogens with zero attached hydrogens (tertiary/aromatic N) is 1. The molecule has 1 aromatic carbocycles. The van der Waals surface area contributed by atoms with Crippen LogP contribution in [-0.4, -0.2) is 24.7 Å². The van der Waals surface area contributed by atoms with Gasteiger partial charge in [-0.15, -0.1) is 0 Å². The van der Waals surface area contributed by atoms with E-state index < -0.39 is 0 Å². The van der Waals surface area contributed by atoms with Crippen LogP contribution >= 0.6 is 0 Å². The van der Waals surface area contributed by atoms with Gasteiger partial charge in [0, 0.05) is 24.2 Å². The minimum absolute atomic E-state index is 0.184. The molecule has 18 heavy (non-hydrogen) atoms. The van der Waals surface area contributed by atoms with Crippen molar-refractivity contribution in [3.8, 4) is 0 Å². The van der Waals surface area contributed by atoms with E-state index in [1.54, 1.807) is 0 Å². The Bertz CT molecular complexity index is 536. The monoisotopic (exact) mass is 242 g/mol. The molecule has 3 nitrogen and oxygen atoms in total. The summed E-state index contributed by atoms with van der Waals surface area (Å²) in [5.41, 5.74) is 2.31. The van der Waals surface area contributed by atoms with E-state index in [2.05, 4.69) is 34.6 Å². The summed E-state index contributed by atoms with van der Waals surface area (Å²) in [5.74, 6) is 0. The zero-order chi connectivity index (χ0) is 12.4. The summed E-state index contributed by atoms with van der Waals surface area (Å²) in [6.45, 7) is 0.826. The number of rotatable bonds is 2. The lowest BCUT2D eigenvalue weighted by Gasteiger charge is -2.30. The number of para-hydroxylation sites is 1. The highest BCUT2D eigenvalue weighted by atomic mass is 16.5. The molecule has 0 saturated carbocycles. The maximum absolute atomic E-state index is 5.94. The van der Waals surface area contributed by atoms with E-state index in [9.17, 15) is 0 Å². The summed E-state index contributed by atoms with van der Waals surface area (Å²) in [6, 6.07) is 10.9. The molecule has 2 unspecified atom stereocenters. The van der Waals surface area contributed by atoms with Crippen molar-refractivity contribution in [2.24, 2.45) is 0 Å². The molecule has 3 rings (SSSR count). The highest BCUT2D eigenvalue weighted by molar-refractivity contribution is 5.82. The third-order valence-electron chi connectivity index (χ3n) is 3.72. The van der Waals surface area contributed by atoms with Crippen LogP contribution in [0.1, 0.15) is 24.5 Å². The van der Waals surface area contributed by atoms with Gasteiger partial charge in [-0.1, -0.05) is 18.2 Å². The first-order chi connectivity index (χ1) is 8.88.